The molecule has 0 unspecified atom stereocenters. The fourth-order valence-electron chi connectivity index (χ4n) is 2.30. The summed E-state index contributed by atoms with van der Waals surface area (Å²) in [4.78, 5) is 0. The third kappa shape index (κ3) is 7.76. The maximum absolute atomic E-state index is 9.05. The monoisotopic (exact) mass is 512 g/mol. The van der Waals surface area contributed by atoms with Crippen LogP contribution in [0.4, 0.5) is 0 Å². The number of halogens is 3. The fraction of sp³-hybridized carbons (Fsp3) is 0.0476. The molecule has 5 nitrogen and oxygen atoms in total. The summed E-state index contributed by atoms with van der Waals surface area (Å²) in [5.41, 5.74) is 0.362. The Labute approximate surface area is 205 Å². The zero-order chi connectivity index (χ0) is 22.8. The molecule has 0 heterocycles. The lowest BCUT2D eigenvalue weighted by Crippen LogP contribution is -2.17. The molecule has 3 aromatic rings. The van der Waals surface area contributed by atoms with Crippen LogP contribution in [0, 0.1) is 16.7 Å². The molecule has 0 bridgehead atoms. The van der Waals surface area contributed by atoms with Crippen LogP contribution in [-0.2, 0) is 0 Å². The van der Waals surface area contributed by atoms with E-state index in [1.807, 2.05) is 6.07 Å². The molecule has 10 heteroatoms. The minimum Gasteiger partial charge on any atom is -0.484 e. The number of hydrogen-bond donors (Lipinski definition) is 3. The van der Waals surface area contributed by atoms with E-state index < -0.39 is 0 Å². The number of nitriles is 1. The number of para-hydroxylation sites is 1. The predicted molar refractivity (Wildman–Crippen MR) is 131 cm³/mol. The standard InChI is InChI=1S/C21H13Cl3N2O3.H2S2/c22-14-7-13(11-25)8-16(9-14)28-20-10-15(5-6-18(20)24)27-12-21(26)29-19-4-2-1-3-17(19)23;1-2/h1-10,26H,12H2;1-2H. The summed E-state index contributed by atoms with van der Waals surface area (Å²) in [7, 11) is 0. The SMILES string of the molecule is N#Cc1cc(Cl)cc(Oc2cc(OCC(=N)Oc3ccccc3Cl)ccc2Cl)c1.SS. The van der Waals surface area contributed by atoms with E-state index in [0.717, 1.165) is 0 Å². The van der Waals surface area contributed by atoms with Gasteiger partial charge in [-0.2, -0.15) is 5.26 Å². The summed E-state index contributed by atoms with van der Waals surface area (Å²) < 4.78 is 16.7. The summed E-state index contributed by atoms with van der Waals surface area (Å²) in [6.07, 6.45) is 0. The number of benzene rings is 3. The van der Waals surface area contributed by atoms with Gasteiger partial charge in [0.05, 0.1) is 21.7 Å². The Morgan fingerprint density at radius 3 is 2.32 bits per heavy atom. The second-order valence-corrected chi connectivity index (χ2v) is 6.98. The molecule has 0 amide bonds. The average Bonchev–Trinajstić information content (AvgIpc) is 2.77. The lowest BCUT2D eigenvalue weighted by molar-refractivity contribution is 0.344. The zero-order valence-electron chi connectivity index (χ0n) is 15.7. The van der Waals surface area contributed by atoms with Crippen LogP contribution < -0.4 is 14.2 Å². The van der Waals surface area contributed by atoms with Crippen LogP contribution in [0.3, 0.4) is 0 Å². The highest BCUT2D eigenvalue weighted by atomic mass is 35.5. The third-order valence-corrected chi connectivity index (χ3v) is 4.41. The van der Waals surface area contributed by atoms with Crippen molar-refractivity contribution < 1.29 is 14.2 Å². The first kappa shape index (κ1) is 25.1. The molecule has 0 radical (unpaired) electrons. The number of nitrogens with zero attached hydrogens (tertiary/aromatic N) is 1. The van der Waals surface area contributed by atoms with Crippen LogP contribution in [-0.4, -0.2) is 12.5 Å². The highest BCUT2D eigenvalue weighted by Crippen LogP contribution is 2.34. The highest BCUT2D eigenvalue weighted by Gasteiger charge is 2.10. The predicted octanol–water partition coefficient (Wildman–Crippen LogP) is 7.51. The molecule has 0 aliphatic rings. The van der Waals surface area contributed by atoms with Crippen LogP contribution in [0.5, 0.6) is 23.0 Å². The first-order valence-electron chi connectivity index (χ1n) is 8.45. The molecule has 0 saturated heterocycles. The molecule has 0 spiro atoms. The normalized spacial score (nSPS) is 9.68. The van der Waals surface area contributed by atoms with Crippen molar-refractivity contribution in [1.82, 2.24) is 0 Å². The maximum Gasteiger partial charge on any atom is 0.225 e. The quantitative estimate of drug-likeness (QED) is 0.138. The Balaban J connectivity index is 0.00000166. The van der Waals surface area contributed by atoms with E-state index in [9.17, 15) is 0 Å². The van der Waals surface area contributed by atoms with Crippen molar-refractivity contribution in [3.05, 3.63) is 81.3 Å². The first-order chi connectivity index (χ1) is 14.9. The highest BCUT2D eigenvalue weighted by molar-refractivity contribution is 8.59. The number of rotatable bonds is 6. The van der Waals surface area contributed by atoms with Crippen molar-refractivity contribution in [1.29, 1.82) is 10.7 Å². The molecule has 1 N–H and O–H groups in total. The molecular weight excluding hydrogens is 499 g/mol. The van der Waals surface area contributed by atoms with Crippen LogP contribution in [0.2, 0.25) is 15.1 Å². The number of ether oxygens (including phenoxy) is 3. The Kier molecular flexibility index (Phi) is 10.2. The van der Waals surface area contributed by atoms with Crippen molar-refractivity contribution in [2.75, 3.05) is 6.61 Å². The summed E-state index contributed by atoms with van der Waals surface area (Å²) in [5, 5.41) is 18.1. The van der Waals surface area contributed by atoms with Gasteiger partial charge in [-0.3, -0.25) is 5.41 Å². The number of hydrogen-bond acceptors (Lipinski definition) is 7. The van der Waals surface area contributed by atoms with E-state index in [-0.39, 0.29) is 12.5 Å². The fourth-order valence-corrected chi connectivity index (χ4v) is 2.86. The molecule has 0 aromatic heterocycles. The van der Waals surface area contributed by atoms with Gasteiger partial charge < -0.3 is 14.2 Å². The Morgan fingerprint density at radius 1 is 0.903 bits per heavy atom. The molecule has 3 rings (SSSR count). The van der Waals surface area contributed by atoms with Gasteiger partial charge in [0.25, 0.3) is 0 Å². The van der Waals surface area contributed by atoms with Crippen molar-refractivity contribution in [3.63, 3.8) is 0 Å². The van der Waals surface area contributed by atoms with Crippen molar-refractivity contribution in [2.24, 2.45) is 0 Å². The lowest BCUT2D eigenvalue weighted by Gasteiger charge is -2.12. The van der Waals surface area contributed by atoms with Crippen molar-refractivity contribution in [3.8, 4) is 29.1 Å². The second-order valence-electron chi connectivity index (χ2n) is 5.73. The number of thiol groups is 2. The molecule has 0 fully saturated rings. The lowest BCUT2D eigenvalue weighted by atomic mass is 10.2. The van der Waals surface area contributed by atoms with Gasteiger partial charge in [0.15, 0.2) is 6.61 Å². The zero-order valence-corrected chi connectivity index (χ0v) is 19.7. The van der Waals surface area contributed by atoms with E-state index in [2.05, 4.69) is 23.3 Å². The van der Waals surface area contributed by atoms with E-state index >= 15 is 0 Å². The molecule has 3 aromatic carbocycles. The molecule has 0 saturated carbocycles. The average molecular weight is 514 g/mol. The Bertz CT molecular complexity index is 1110. The van der Waals surface area contributed by atoms with E-state index in [0.29, 0.717) is 43.6 Å². The van der Waals surface area contributed by atoms with Crippen molar-refractivity contribution >= 4 is 64.0 Å². The van der Waals surface area contributed by atoms with Gasteiger partial charge in [0.2, 0.25) is 5.90 Å². The van der Waals surface area contributed by atoms with Gasteiger partial charge in [0, 0.05) is 11.1 Å². The largest absolute Gasteiger partial charge is 0.484 e. The molecule has 0 aliphatic heterocycles. The maximum atomic E-state index is 9.05. The van der Waals surface area contributed by atoms with Crippen LogP contribution >= 0.6 is 58.1 Å². The molecule has 0 aliphatic carbocycles. The van der Waals surface area contributed by atoms with Gasteiger partial charge in [-0.25, -0.2) is 0 Å². The van der Waals surface area contributed by atoms with Crippen LogP contribution in [0.15, 0.2) is 60.7 Å². The van der Waals surface area contributed by atoms with Crippen molar-refractivity contribution in [2.45, 2.75) is 0 Å². The third-order valence-electron chi connectivity index (χ3n) is 3.57. The van der Waals surface area contributed by atoms with Gasteiger partial charge >= 0.3 is 0 Å². The summed E-state index contributed by atoms with van der Waals surface area (Å²) in [5.74, 6) is 1.34. The smallest absolute Gasteiger partial charge is 0.225 e. The summed E-state index contributed by atoms with van der Waals surface area (Å²) >= 11 is 24.6. The summed E-state index contributed by atoms with van der Waals surface area (Å²) in [6, 6.07) is 18.3. The van der Waals surface area contributed by atoms with E-state index in [1.54, 1.807) is 54.6 Å². The molecule has 31 heavy (non-hydrogen) atoms. The van der Waals surface area contributed by atoms with E-state index in [4.69, 9.17) is 59.7 Å². The molecular formula is C21H15Cl3N2O3S2. The topological polar surface area (TPSA) is 75.3 Å². The minimum atomic E-state index is -0.123. The Hall–Kier alpha value is -2.21. The van der Waals surface area contributed by atoms with Crippen LogP contribution in [0.1, 0.15) is 5.56 Å². The van der Waals surface area contributed by atoms with Gasteiger partial charge in [-0.05, 0) is 42.5 Å². The molecule has 160 valence electrons. The molecule has 0 atom stereocenters. The Morgan fingerprint density at radius 2 is 1.61 bits per heavy atom. The number of nitrogens with one attached hydrogen (secondary N) is 1. The van der Waals surface area contributed by atoms with Gasteiger partial charge in [-0.1, -0.05) is 46.9 Å². The van der Waals surface area contributed by atoms with Crippen LogP contribution in [0.25, 0.3) is 0 Å². The second kappa shape index (κ2) is 12.6. The first-order valence-corrected chi connectivity index (χ1v) is 11.2. The van der Waals surface area contributed by atoms with Gasteiger partial charge in [-0.15, -0.1) is 23.3 Å². The minimum absolute atomic E-state index is 0.121. The van der Waals surface area contributed by atoms with Gasteiger partial charge in [0.1, 0.15) is 23.0 Å². The van der Waals surface area contributed by atoms with E-state index in [1.165, 1.54) is 6.07 Å². The summed E-state index contributed by atoms with van der Waals surface area (Å²) in [6.45, 7) is -0.123.